The van der Waals surface area contributed by atoms with Crippen molar-refractivity contribution in [2.75, 3.05) is 37.6 Å². The Kier molecular flexibility index (Phi) is 3.32. The minimum atomic E-state index is 0.300. The van der Waals surface area contributed by atoms with Crippen LogP contribution in [0.5, 0.6) is 11.5 Å². The van der Waals surface area contributed by atoms with E-state index in [1.54, 1.807) is 0 Å². The van der Waals surface area contributed by atoms with Gasteiger partial charge in [-0.3, -0.25) is 4.98 Å². The smallest absolute Gasteiger partial charge is 0.231 e. The minimum absolute atomic E-state index is 0.300. The van der Waals surface area contributed by atoms with Crippen LogP contribution < -0.4 is 19.7 Å². The third kappa shape index (κ3) is 2.47. The number of fused-ring (bicyclic) bond motifs is 1. The summed E-state index contributed by atoms with van der Waals surface area (Å²) < 4.78 is 10.8. The highest BCUT2D eigenvalue weighted by atomic mass is 16.7. The molecular formula is C13H17N5O2. The highest BCUT2D eigenvalue weighted by molar-refractivity contribution is 5.48. The Morgan fingerprint density at radius 3 is 3.00 bits per heavy atom. The first-order valence-corrected chi connectivity index (χ1v) is 6.45. The number of rotatable bonds is 5. The molecule has 2 aromatic rings. The lowest BCUT2D eigenvalue weighted by Gasteiger charge is -2.07. The van der Waals surface area contributed by atoms with E-state index in [1.165, 1.54) is 0 Å². The Morgan fingerprint density at radius 1 is 1.30 bits per heavy atom. The monoisotopic (exact) mass is 275 g/mol. The van der Waals surface area contributed by atoms with Gasteiger partial charge in [0.15, 0.2) is 11.5 Å². The fourth-order valence-corrected chi connectivity index (χ4v) is 2.04. The molecule has 0 atom stereocenters. The Hall–Kier alpha value is -2.44. The number of aromatic nitrogens is 3. The normalized spacial score (nSPS) is 12.5. The SMILES string of the molecule is CN(C)c1nnc(NCCc2cccc3c2OCO3)[nH]1. The molecule has 3 rings (SSSR count). The molecule has 0 fully saturated rings. The Bertz CT molecular complexity index is 596. The average molecular weight is 275 g/mol. The van der Waals surface area contributed by atoms with Gasteiger partial charge < -0.3 is 19.7 Å². The summed E-state index contributed by atoms with van der Waals surface area (Å²) in [4.78, 5) is 4.96. The van der Waals surface area contributed by atoms with Crippen molar-refractivity contribution in [1.82, 2.24) is 15.2 Å². The molecule has 0 radical (unpaired) electrons. The van der Waals surface area contributed by atoms with Gasteiger partial charge in [-0.15, -0.1) is 10.2 Å². The maximum absolute atomic E-state index is 5.48. The van der Waals surface area contributed by atoms with Crippen molar-refractivity contribution in [3.8, 4) is 11.5 Å². The van der Waals surface area contributed by atoms with Crippen molar-refractivity contribution in [3.63, 3.8) is 0 Å². The molecule has 0 saturated carbocycles. The number of nitrogens with zero attached hydrogens (tertiary/aromatic N) is 3. The number of benzene rings is 1. The molecule has 0 unspecified atom stereocenters. The number of aromatic amines is 1. The zero-order valence-corrected chi connectivity index (χ0v) is 11.5. The lowest BCUT2D eigenvalue weighted by atomic mass is 10.1. The molecule has 0 amide bonds. The minimum Gasteiger partial charge on any atom is -0.454 e. The maximum atomic E-state index is 5.48. The van der Waals surface area contributed by atoms with Crippen LogP contribution in [-0.4, -0.2) is 42.6 Å². The quantitative estimate of drug-likeness (QED) is 0.855. The first-order valence-electron chi connectivity index (χ1n) is 6.45. The molecule has 20 heavy (non-hydrogen) atoms. The van der Waals surface area contributed by atoms with Gasteiger partial charge in [0.05, 0.1) is 0 Å². The predicted octanol–water partition coefficient (Wildman–Crippen LogP) is 1.25. The van der Waals surface area contributed by atoms with Crippen LogP contribution in [0.15, 0.2) is 18.2 Å². The molecule has 1 aliphatic rings. The third-order valence-corrected chi connectivity index (χ3v) is 3.06. The first-order chi connectivity index (χ1) is 9.74. The van der Waals surface area contributed by atoms with Crippen molar-refractivity contribution >= 4 is 11.9 Å². The molecule has 106 valence electrons. The van der Waals surface area contributed by atoms with Gasteiger partial charge in [0.1, 0.15) is 0 Å². The number of hydrogen-bond acceptors (Lipinski definition) is 6. The Morgan fingerprint density at radius 2 is 2.20 bits per heavy atom. The van der Waals surface area contributed by atoms with Crippen molar-refractivity contribution in [2.45, 2.75) is 6.42 Å². The molecule has 7 heteroatoms. The third-order valence-electron chi connectivity index (χ3n) is 3.06. The van der Waals surface area contributed by atoms with Gasteiger partial charge in [-0.2, -0.15) is 0 Å². The molecule has 1 aromatic heterocycles. The van der Waals surface area contributed by atoms with Gasteiger partial charge >= 0.3 is 0 Å². The van der Waals surface area contributed by atoms with Crippen LogP contribution in [0.4, 0.5) is 11.9 Å². The van der Waals surface area contributed by atoms with Crippen molar-refractivity contribution in [3.05, 3.63) is 23.8 Å². The van der Waals surface area contributed by atoms with Crippen molar-refractivity contribution in [2.24, 2.45) is 0 Å². The van der Waals surface area contributed by atoms with Crippen LogP contribution in [0.25, 0.3) is 0 Å². The largest absolute Gasteiger partial charge is 0.454 e. The molecule has 1 aromatic carbocycles. The van der Waals surface area contributed by atoms with Gasteiger partial charge in [0.2, 0.25) is 18.7 Å². The molecule has 2 N–H and O–H groups in total. The second kappa shape index (κ2) is 5.28. The summed E-state index contributed by atoms with van der Waals surface area (Å²) in [6, 6.07) is 5.93. The number of hydrogen-bond donors (Lipinski definition) is 2. The number of ether oxygens (including phenoxy) is 2. The first kappa shape index (κ1) is 12.6. The van der Waals surface area contributed by atoms with Crippen LogP contribution in [0.2, 0.25) is 0 Å². The van der Waals surface area contributed by atoms with Gasteiger partial charge in [0.25, 0.3) is 0 Å². The van der Waals surface area contributed by atoms with Crippen molar-refractivity contribution < 1.29 is 9.47 Å². The van der Waals surface area contributed by atoms with E-state index in [0.717, 1.165) is 36.0 Å². The lowest BCUT2D eigenvalue weighted by Crippen LogP contribution is -2.10. The summed E-state index contributed by atoms with van der Waals surface area (Å²) in [6.07, 6.45) is 0.824. The van der Waals surface area contributed by atoms with E-state index in [0.29, 0.717) is 12.7 Å². The highest BCUT2D eigenvalue weighted by Gasteiger charge is 2.16. The summed E-state index contributed by atoms with van der Waals surface area (Å²) >= 11 is 0. The van der Waals surface area contributed by atoms with E-state index in [1.807, 2.05) is 37.2 Å². The lowest BCUT2D eigenvalue weighted by molar-refractivity contribution is 0.173. The van der Waals surface area contributed by atoms with E-state index >= 15 is 0 Å². The second-order valence-electron chi connectivity index (χ2n) is 4.72. The van der Waals surface area contributed by atoms with Crippen LogP contribution in [0.3, 0.4) is 0 Å². The van der Waals surface area contributed by atoms with Crippen LogP contribution in [0, 0.1) is 0 Å². The summed E-state index contributed by atoms with van der Waals surface area (Å²) in [5, 5.41) is 11.2. The van der Waals surface area contributed by atoms with Crippen LogP contribution >= 0.6 is 0 Å². The zero-order chi connectivity index (χ0) is 13.9. The van der Waals surface area contributed by atoms with Gasteiger partial charge in [-0.05, 0) is 18.1 Å². The van der Waals surface area contributed by atoms with Crippen molar-refractivity contribution in [1.29, 1.82) is 0 Å². The fourth-order valence-electron chi connectivity index (χ4n) is 2.04. The standard InChI is InChI=1S/C13H17N5O2/c1-18(2)13-15-12(16-17-13)14-7-6-9-4-3-5-10-11(9)20-8-19-10/h3-5H,6-8H2,1-2H3,(H2,14,15,16,17). The van der Waals surface area contributed by atoms with E-state index in [2.05, 4.69) is 20.5 Å². The predicted molar refractivity (Wildman–Crippen MR) is 75.5 cm³/mol. The number of H-pyrrole nitrogens is 1. The molecule has 0 aliphatic carbocycles. The number of nitrogens with one attached hydrogen (secondary N) is 2. The Labute approximate surface area is 116 Å². The summed E-state index contributed by atoms with van der Waals surface area (Å²) in [7, 11) is 3.82. The molecule has 0 bridgehead atoms. The van der Waals surface area contributed by atoms with Gasteiger partial charge in [-0.1, -0.05) is 12.1 Å². The molecule has 0 saturated heterocycles. The zero-order valence-electron chi connectivity index (χ0n) is 11.5. The van der Waals surface area contributed by atoms with E-state index < -0.39 is 0 Å². The van der Waals surface area contributed by atoms with Crippen LogP contribution in [0.1, 0.15) is 5.56 Å². The summed E-state index contributed by atoms with van der Waals surface area (Å²) in [6.45, 7) is 1.04. The summed E-state index contributed by atoms with van der Waals surface area (Å²) in [5.74, 6) is 3.06. The summed E-state index contributed by atoms with van der Waals surface area (Å²) in [5.41, 5.74) is 1.12. The molecule has 0 spiro atoms. The van der Waals surface area contributed by atoms with Crippen LogP contribution in [-0.2, 0) is 6.42 Å². The topological polar surface area (TPSA) is 75.3 Å². The fraction of sp³-hybridized carbons (Fsp3) is 0.385. The Balaban J connectivity index is 1.59. The molecular weight excluding hydrogens is 258 g/mol. The second-order valence-corrected chi connectivity index (χ2v) is 4.72. The molecule has 2 heterocycles. The average Bonchev–Trinajstić information content (AvgIpc) is 3.07. The number of para-hydroxylation sites is 1. The molecule has 7 nitrogen and oxygen atoms in total. The highest BCUT2D eigenvalue weighted by Crippen LogP contribution is 2.35. The van der Waals surface area contributed by atoms with Gasteiger partial charge in [0, 0.05) is 20.6 Å². The van der Waals surface area contributed by atoms with E-state index in [9.17, 15) is 0 Å². The number of anilines is 2. The maximum Gasteiger partial charge on any atom is 0.231 e. The van der Waals surface area contributed by atoms with E-state index in [-0.39, 0.29) is 0 Å². The molecule has 1 aliphatic heterocycles. The van der Waals surface area contributed by atoms with E-state index in [4.69, 9.17) is 9.47 Å². The van der Waals surface area contributed by atoms with Gasteiger partial charge in [-0.25, -0.2) is 0 Å².